The molecule has 7 nitrogen and oxygen atoms in total. The summed E-state index contributed by atoms with van der Waals surface area (Å²) < 4.78 is 0. The predicted molar refractivity (Wildman–Crippen MR) is 154 cm³/mol. The topological polar surface area (TPSA) is 96.2 Å². The smallest absolute Gasteiger partial charge is 0.255 e. The molecule has 0 saturated carbocycles. The number of aromatic nitrogens is 2. The fourth-order valence-corrected chi connectivity index (χ4v) is 4.38. The molecule has 4 aromatic carbocycles. The first-order valence-corrected chi connectivity index (χ1v) is 12.5. The van der Waals surface area contributed by atoms with E-state index in [2.05, 4.69) is 15.5 Å². The number of carbonyl (C=O) groups excluding carboxylic acids is 1. The van der Waals surface area contributed by atoms with Crippen LogP contribution in [-0.2, 0) is 13.1 Å². The quantitative estimate of drug-likeness (QED) is 0.248. The molecule has 0 aliphatic carbocycles. The van der Waals surface area contributed by atoms with Gasteiger partial charge >= 0.3 is 0 Å². The number of amides is 1. The monoisotopic (exact) mass is 502 g/mol. The van der Waals surface area contributed by atoms with Crippen LogP contribution in [0.15, 0.2) is 97.1 Å². The van der Waals surface area contributed by atoms with Gasteiger partial charge in [-0.2, -0.15) is 0 Å². The zero-order valence-electron chi connectivity index (χ0n) is 21.5. The first-order valence-electron chi connectivity index (χ1n) is 12.5. The van der Waals surface area contributed by atoms with Crippen LogP contribution in [0.2, 0.25) is 0 Å². The van der Waals surface area contributed by atoms with Gasteiger partial charge in [-0.15, -0.1) is 0 Å². The Morgan fingerprint density at radius 2 is 1.61 bits per heavy atom. The Balaban J connectivity index is 1.34. The molecule has 190 valence electrons. The van der Waals surface area contributed by atoms with Crippen LogP contribution in [0.3, 0.4) is 0 Å². The summed E-state index contributed by atoms with van der Waals surface area (Å²) in [6.45, 7) is 1.15. The summed E-state index contributed by atoms with van der Waals surface area (Å²) in [7, 11) is 4.04. The summed E-state index contributed by atoms with van der Waals surface area (Å²) in [5.74, 6) is 0.296. The Kier molecular flexibility index (Phi) is 7.40. The number of benzene rings is 4. The van der Waals surface area contributed by atoms with Gasteiger partial charge in [0.05, 0.1) is 11.2 Å². The van der Waals surface area contributed by atoms with Gasteiger partial charge in [0.15, 0.2) is 0 Å². The van der Waals surface area contributed by atoms with Crippen molar-refractivity contribution < 1.29 is 4.79 Å². The van der Waals surface area contributed by atoms with Gasteiger partial charge in [0.25, 0.3) is 5.91 Å². The molecule has 0 saturated heterocycles. The Bertz CT molecular complexity index is 1570. The minimum absolute atomic E-state index is 0.195. The summed E-state index contributed by atoms with van der Waals surface area (Å²) in [5.41, 5.74) is 12.8. The summed E-state index contributed by atoms with van der Waals surface area (Å²) in [6, 6.07) is 31.2. The van der Waals surface area contributed by atoms with E-state index in [9.17, 15) is 4.79 Å². The Morgan fingerprint density at radius 3 is 2.34 bits per heavy atom. The van der Waals surface area contributed by atoms with Crippen LogP contribution in [0.1, 0.15) is 21.5 Å². The number of hydrogen-bond donors (Lipinski definition) is 3. The zero-order valence-corrected chi connectivity index (χ0v) is 21.5. The third kappa shape index (κ3) is 5.70. The molecule has 5 rings (SSSR count). The van der Waals surface area contributed by atoms with Gasteiger partial charge < -0.3 is 21.3 Å². The average molecular weight is 503 g/mol. The van der Waals surface area contributed by atoms with E-state index in [1.807, 2.05) is 99.0 Å². The number of para-hydroxylation sites is 1. The molecule has 0 aliphatic rings. The van der Waals surface area contributed by atoms with E-state index in [1.54, 1.807) is 12.1 Å². The van der Waals surface area contributed by atoms with Gasteiger partial charge in [0.1, 0.15) is 0 Å². The zero-order chi connectivity index (χ0) is 26.5. The van der Waals surface area contributed by atoms with Gasteiger partial charge in [0, 0.05) is 41.0 Å². The molecule has 0 atom stereocenters. The molecular weight excluding hydrogens is 472 g/mol. The molecule has 4 N–H and O–H groups in total. The normalized spacial score (nSPS) is 11.1. The van der Waals surface area contributed by atoms with Crippen LogP contribution in [0.4, 0.5) is 17.3 Å². The number of nitrogens with zero attached hydrogens (tertiary/aromatic N) is 3. The lowest BCUT2D eigenvalue weighted by Crippen LogP contribution is -2.15. The first kappa shape index (κ1) is 25.1. The molecule has 7 heteroatoms. The van der Waals surface area contributed by atoms with Crippen molar-refractivity contribution in [3.8, 4) is 11.3 Å². The van der Waals surface area contributed by atoms with Crippen molar-refractivity contribution in [2.45, 2.75) is 13.1 Å². The van der Waals surface area contributed by atoms with Crippen LogP contribution in [0, 0.1) is 0 Å². The molecule has 38 heavy (non-hydrogen) atoms. The highest BCUT2D eigenvalue weighted by Crippen LogP contribution is 2.28. The maximum atomic E-state index is 13.0. The second-order valence-electron chi connectivity index (χ2n) is 9.37. The van der Waals surface area contributed by atoms with E-state index in [0.29, 0.717) is 18.1 Å². The van der Waals surface area contributed by atoms with Gasteiger partial charge in [0.2, 0.25) is 5.95 Å². The number of fused-ring (bicyclic) bond motifs is 1. The molecule has 0 unspecified atom stereocenters. The van der Waals surface area contributed by atoms with E-state index in [0.717, 1.165) is 51.2 Å². The number of nitrogens with two attached hydrogens (primary N) is 1. The van der Waals surface area contributed by atoms with Crippen LogP contribution >= 0.6 is 0 Å². The summed E-state index contributed by atoms with van der Waals surface area (Å²) in [6.07, 6.45) is 0. The molecule has 0 spiro atoms. The fraction of sp³-hybridized carbons (Fsp3) is 0.129. The van der Waals surface area contributed by atoms with Crippen LogP contribution in [0.25, 0.3) is 22.2 Å². The average Bonchev–Trinajstić information content (AvgIpc) is 2.94. The van der Waals surface area contributed by atoms with Crippen molar-refractivity contribution in [1.82, 2.24) is 14.9 Å². The lowest BCUT2D eigenvalue weighted by Gasteiger charge is -2.15. The lowest BCUT2D eigenvalue weighted by atomic mass is 10.1. The second kappa shape index (κ2) is 11.2. The van der Waals surface area contributed by atoms with Crippen LogP contribution in [0.5, 0.6) is 0 Å². The Hall–Kier alpha value is -4.59. The SMILES string of the molecule is CN(C)Cc1ccc(NC(=O)c2ccc(Nc3nc(-c4ccccc4)c4ccccc4n3)cc2)c(CN)c1. The molecular formula is C31H30N6O. The fourth-order valence-electron chi connectivity index (χ4n) is 4.38. The maximum Gasteiger partial charge on any atom is 0.255 e. The number of hydrogen-bond acceptors (Lipinski definition) is 6. The highest BCUT2D eigenvalue weighted by molar-refractivity contribution is 6.05. The van der Waals surface area contributed by atoms with E-state index in [-0.39, 0.29) is 5.91 Å². The van der Waals surface area contributed by atoms with Crippen LogP contribution in [-0.4, -0.2) is 34.9 Å². The highest BCUT2D eigenvalue weighted by Gasteiger charge is 2.12. The summed E-state index contributed by atoms with van der Waals surface area (Å²) in [4.78, 5) is 24.6. The standard InChI is InChI=1S/C31H30N6O/c1-37(2)20-21-12-17-27(24(18-21)19-32)34-30(38)23-13-15-25(16-14-23)33-31-35-28-11-7-6-10-26(28)29(36-31)22-8-4-3-5-9-22/h3-18H,19-20,32H2,1-2H3,(H,34,38)(H,33,35,36). The number of anilines is 3. The van der Waals surface area contributed by atoms with Crippen molar-refractivity contribution in [1.29, 1.82) is 0 Å². The molecule has 0 aliphatic heterocycles. The van der Waals surface area contributed by atoms with E-state index in [4.69, 9.17) is 15.7 Å². The van der Waals surface area contributed by atoms with Crippen molar-refractivity contribution in [2.75, 3.05) is 24.7 Å². The summed E-state index contributed by atoms with van der Waals surface area (Å²) in [5, 5.41) is 7.27. The second-order valence-corrected chi connectivity index (χ2v) is 9.37. The minimum atomic E-state index is -0.195. The molecule has 1 amide bonds. The molecule has 5 aromatic rings. The largest absolute Gasteiger partial charge is 0.326 e. The number of nitrogens with one attached hydrogen (secondary N) is 2. The van der Waals surface area contributed by atoms with Crippen molar-refractivity contribution >= 4 is 34.1 Å². The third-order valence-electron chi connectivity index (χ3n) is 6.19. The van der Waals surface area contributed by atoms with E-state index in [1.165, 1.54) is 0 Å². The van der Waals surface area contributed by atoms with E-state index >= 15 is 0 Å². The molecule has 0 fully saturated rings. The Labute approximate surface area is 222 Å². The molecule has 1 aromatic heterocycles. The van der Waals surface area contributed by atoms with Crippen molar-refractivity contribution in [3.05, 3.63) is 114 Å². The molecule has 1 heterocycles. The highest BCUT2D eigenvalue weighted by atomic mass is 16.1. The van der Waals surface area contributed by atoms with Gasteiger partial charge in [-0.3, -0.25) is 4.79 Å². The molecule has 0 radical (unpaired) electrons. The van der Waals surface area contributed by atoms with Gasteiger partial charge in [-0.1, -0.05) is 60.7 Å². The summed E-state index contributed by atoms with van der Waals surface area (Å²) >= 11 is 0. The van der Waals surface area contributed by atoms with Crippen molar-refractivity contribution in [3.63, 3.8) is 0 Å². The maximum absolute atomic E-state index is 13.0. The first-order chi connectivity index (χ1) is 18.5. The van der Waals surface area contributed by atoms with E-state index < -0.39 is 0 Å². The predicted octanol–water partition coefficient (Wildman–Crippen LogP) is 5.81. The number of carbonyl (C=O) groups is 1. The van der Waals surface area contributed by atoms with Gasteiger partial charge in [-0.05, 0) is 61.6 Å². The molecule has 0 bridgehead atoms. The third-order valence-corrected chi connectivity index (χ3v) is 6.19. The number of rotatable bonds is 8. The van der Waals surface area contributed by atoms with Crippen molar-refractivity contribution in [2.24, 2.45) is 5.73 Å². The van der Waals surface area contributed by atoms with Gasteiger partial charge in [-0.25, -0.2) is 9.97 Å². The lowest BCUT2D eigenvalue weighted by molar-refractivity contribution is 0.102. The minimum Gasteiger partial charge on any atom is -0.326 e. The Morgan fingerprint density at radius 1 is 0.868 bits per heavy atom. The van der Waals surface area contributed by atoms with Crippen LogP contribution < -0.4 is 16.4 Å².